The zero-order valence-corrected chi connectivity index (χ0v) is 13.1. The lowest BCUT2D eigenvalue weighted by Gasteiger charge is -2.12. The van der Waals surface area contributed by atoms with Gasteiger partial charge in [-0.1, -0.05) is 64.3 Å². The minimum absolute atomic E-state index is 0.213. The second kappa shape index (κ2) is 8.78. The predicted octanol–water partition coefficient (Wildman–Crippen LogP) is 4.71. The molecule has 112 valence electrons. The van der Waals surface area contributed by atoms with Crippen LogP contribution < -0.4 is 0 Å². The van der Waals surface area contributed by atoms with E-state index >= 15 is 0 Å². The molecule has 0 bridgehead atoms. The first-order valence-corrected chi connectivity index (χ1v) is 7.77. The van der Waals surface area contributed by atoms with Crippen LogP contribution in [0.2, 0.25) is 0 Å². The van der Waals surface area contributed by atoms with Crippen molar-refractivity contribution in [1.82, 2.24) is 0 Å². The molecule has 0 aliphatic carbocycles. The quantitative estimate of drug-likeness (QED) is 0.709. The van der Waals surface area contributed by atoms with Crippen molar-refractivity contribution in [2.45, 2.75) is 59.3 Å². The molecule has 0 saturated carbocycles. The molecule has 1 unspecified atom stereocenters. The van der Waals surface area contributed by atoms with Crippen molar-refractivity contribution in [3.63, 3.8) is 0 Å². The molecule has 1 N–H and O–H groups in total. The van der Waals surface area contributed by atoms with Crippen molar-refractivity contribution in [1.29, 1.82) is 0 Å². The van der Waals surface area contributed by atoms with Gasteiger partial charge in [-0.2, -0.15) is 0 Å². The van der Waals surface area contributed by atoms with Gasteiger partial charge in [-0.3, -0.25) is 4.79 Å². The summed E-state index contributed by atoms with van der Waals surface area (Å²) >= 11 is 0. The third-order valence-corrected chi connectivity index (χ3v) is 3.71. The second-order valence-corrected chi connectivity index (χ2v) is 6.34. The van der Waals surface area contributed by atoms with Gasteiger partial charge in [-0.05, 0) is 35.8 Å². The fourth-order valence-corrected chi connectivity index (χ4v) is 2.47. The van der Waals surface area contributed by atoms with E-state index in [9.17, 15) is 4.79 Å². The Hall–Kier alpha value is -1.31. The van der Waals surface area contributed by atoms with Crippen LogP contribution in [0.25, 0.3) is 0 Å². The summed E-state index contributed by atoms with van der Waals surface area (Å²) in [6.45, 7) is 6.87. The van der Waals surface area contributed by atoms with Crippen LogP contribution >= 0.6 is 0 Å². The van der Waals surface area contributed by atoms with E-state index in [1.54, 1.807) is 0 Å². The van der Waals surface area contributed by atoms with Crippen molar-refractivity contribution in [2.24, 2.45) is 11.8 Å². The van der Waals surface area contributed by atoms with Crippen LogP contribution in [-0.2, 0) is 17.6 Å². The van der Waals surface area contributed by atoms with Crippen LogP contribution in [0.5, 0.6) is 0 Å². The Bertz CT molecular complexity index is 392. The minimum atomic E-state index is -0.729. The van der Waals surface area contributed by atoms with Crippen molar-refractivity contribution in [2.75, 3.05) is 0 Å². The SMILES string of the molecule is CC(C)CCCC(C)Cc1ccc(CCC(=O)O)cc1. The van der Waals surface area contributed by atoms with E-state index in [0.717, 1.165) is 23.8 Å². The second-order valence-electron chi connectivity index (χ2n) is 6.34. The maximum Gasteiger partial charge on any atom is 0.303 e. The molecule has 0 spiro atoms. The molecule has 1 rings (SSSR count). The van der Waals surface area contributed by atoms with Gasteiger partial charge in [0.05, 0.1) is 0 Å². The molecule has 1 atom stereocenters. The molecule has 1 aromatic carbocycles. The fraction of sp³-hybridized carbons (Fsp3) is 0.611. The summed E-state index contributed by atoms with van der Waals surface area (Å²) in [5.41, 5.74) is 2.48. The maximum absolute atomic E-state index is 10.5. The number of carbonyl (C=O) groups is 1. The van der Waals surface area contributed by atoms with E-state index in [-0.39, 0.29) is 6.42 Å². The highest BCUT2D eigenvalue weighted by Crippen LogP contribution is 2.17. The van der Waals surface area contributed by atoms with Gasteiger partial charge < -0.3 is 5.11 Å². The largest absolute Gasteiger partial charge is 0.481 e. The van der Waals surface area contributed by atoms with Crippen molar-refractivity contribution in [3.05, 3.63) is 35.4 Å². The van der Waals surface area contributed by atoms with Crippen molar-refractivity contribution < 1.29 is 9.90 Å². The van der Waals surface area contributed by atoms with Crippen molar-refractivity contribution >= 4 is 5.97 Å². The molecular formula is C18H28O2. The molecule has 0 heterocycles. The minimum Gasteiger partial charge on any atom is -0.481 e. The Morgan fingerprint density at radius 2 is 1.65 bits per heavy atom. The normalized spacial score (nSPS) is 12.6. The van der Waals surface area contributed by atoms with Crippen LogP contribution in [0, 0.1) is 11.8 Å². The lowest BCUT2D eigenvalue weighted by molar-refractivity contribution is -0.136. The highest BCUT2D eigenvalue weighted by Gasteiger charge is 2.05. The molecule has 0 fully saturated rings. The maximum atomic E-state index is 10.5. The first kappa shape index (κ1) is 16.7. The Kier molecular flexibility index (Phi) is 7.35. The number of carboxylic acids is 1. The molecular weight excluding hydrogens is 248 g/mol. The van der Waals surface area contributed by atoms with Gasteiger partial charge in [-0.25, -0.2) is 0 Å². The Labute approximate surface area is 123 Å². The number of aryl methyl sites for hydroxylation is 1. The molecule has 0 aliphatic heterocycles. The number of hydrogen-bond donors (Lipinski definition) is 1. The molecule has 0 aromatic heterocycles. The van der Waals surface area contributed by atoms with Crippen molar-refractivity contribution in [3.8, 4) is 0 Å². The van der Waals surface area contributed by atoms with Gasteiger partial charge in [-0.15, -0.1) is 0 Å². The molecule has 1 aromatic rings. The van der Waals surface area contributed by atoms with E-state index in [1.807, 2.05) is 0 Å². The molecule has 2 heteroatoms. The molecule has 20 heavy (non-hydrogen) atoms. The summed E-state index contributed by atoms with van der Waals surface area (Å²) in [6.07, 6.45) is 5.88. The van der Waals surface area contributed by atoms with Crippen LogP contribution in [0.3, 0.4) is 0 Å². The van der Waals surface area contributed by atoms with E-state index in [2.05, 4.69) is 45.0 Å². The predicted molar refractivity (Wildman–Crippen MR) is 84.0 cm³/mol. The summed E-state index contributed by atoms with van der Waals surface area (Å²) in [4.78, 5) is 10.5. The first-order chi connectivity index (χ1) is 9.47. The molecule has 0 saturated heterocycles. The Balaban J connectivity index is 2.34. The molecule has 0 aliphatic rings. The van der Waals surface area contributed by atoms with E-state index in [4.69, 9.17) is 5.11 Å². The topological polar surface area (TPSA) is 37.3 Å². The van der Waals surface area contributed by atoms with Gasteiger partial charge in [0.25, 0.3) is 0 Å². The van der Waals surface area contributed by atoms with E-state index in [0.29, 0.717) is 6.42 Å². The van der Waals surface area contributed by atoms with Gasteiger partial charge in [0.2, 0.25) is 0 Å². The zero-order valence-electron chi connectivity index (χ0n) is 13.1. The van der Waals surface area contributed by atoms with E-state index < -0.39 is 5.97 Å². The first-order valence-electron chi connectivity index (χ1n) is 7.77. The average molecular weight is 276 g/mol. The standard InChI is InChI=1S/C18H28O2/c1-14(2)5-4-6-15(3)13-17-9-7-16(8-10-17)11-12-18(19)20/h7-10,14-15H,4-6,11-13H2,1-3H3,(H,19,20). The van der Waals surface area contributed by atoms with Gasteiger partial charge in [0.1, 0.15) is 0 Å². The summed E-state index contributed by atoms with van der Waals surface area (Å²) < 4.78 is 0. The third-order valence-electron chi connectivity index (χ3n) is 3.71. The summed E-state index contributed by atoms with van der Waals surface area (Å²) in [7, 11) is 0. The number of benzene rings is 1. The number of carboxylic acid groups (broad SMARTS) is 1. The number of hydrogen-bond acceptors (Lipinski definition) is 1. The molecule has 2 nitrogen and oxygen atoms in total. The smallest absolute Gasteiger partial charge is 0.303 e. The van der Waals surface area contributed by atoms with Gasteiger partial charge >= 0.3 is 5.97 Å². The third kappa shape index (κ3) is 7.32. The Morgan fingerprint density at radius 3 is 2.20 bits per heavy atom. The highest BCUT2D eigenvalue weighted by atomic mass is 16.4. The fourth-order valence-electron chi connectivity index (χ4n) is 2.47. The number of rotatable bonds is 9. The molecule has 0 radical (unpaired) electrons. The van der Waals surface area contributed by atoms with Crippen LogP contribution in [0.4, 0.5) is 0 Å². The van der Waals surface area contributed by atoms with Gasteiger partial charge in [0.15, 0.2) is 0 Å². The van der Waals surface area contributed by atoms with Crippen LogP contribution in [0.1, 0.15) is 57.6 Å². The highest BCUT2D eigenvalue weighted by molar-refractivity contribution is 5.67. The number of aliphatic carboxylic acids is 1. The zero-order chi connectivity index (χ0) is 15.0. The lowest BCUT2D eigenvalue weighted by atomic mass is 9.93. The Morgan fingerprint density at radius 1 is 1.05 bits per heavy atom. The van der Waals surface area contributed by atoms with E-state index in [1.165, 1.54) is 24.8 Å². The summed E-state index contributed by atoms with van der Waals surface area (Å²) in [5, 5.41) is 8.67. The summed E-state index contributed by atoms with van der Waals surface area (Å²) in [5.74, 6) is 0.794. The summed E-state index contributed by atoms with van der Waals surface area (Å²) in [6, 6.07) is 8.43. The van der Waals surface area contributed by atoms with Crippen LogP contribution in [0.15, 0.2) is 24.3 Å². The average Bonchev–Trinajstić information content (AvgIpc) is 2.37. The van der Waals surface area contributed by atoms with Crippen LogP contribution in [-0.4, -0.2) is 11.1 Å². The monoisotopic (exact) mass is 276 g/mol. The van der Waals surface area contributed by atoms with Gasteiger partial charge in [0, 0.05) is 6.42 Å². The lowest BCUT2D eigenvalue weighted by Crippen LogP contribution is -2.01. The molecule has 0 amide bonds.